The van der Waals surface area contributed by atoms with Crippen molar-refractivity contribution in [3.05, 3.63) is 70.8 Å². The molecule has 2 aromatic rings. The van der Waals surface area contributed by atoms with Crippen molar-refractivity contribution in [2.45, 2.75) is 6.92 Å². The normalized spacial score (nSPS) is 10.3. The van der Waals surface area contributed by atoms with Gasteiger partial charge in [0.2, 0.25) is 0 Å². The lowest BCUT2D eigenvalue weighted by atomic mass is 10.0. The average molecular weight is 232 g/mol. The maximum Gasteiger partial charge on any atom is 0.196 e. The summed E-state index contributed by atoms with van der Waals surface area (Å²) < 4.78 is 26.4. The summed E-state index contributed by atoms with van der Waals surface area (Å²) >= 11 is 0. The van der Waals surface area contributed by atoms with E-state index < -0.39 is 17.4 Å². The molecule has 0 aliphatic carbocycles. The van der Waals surface area contributed by atoms with E-state index in [-0.39, 0.29) is 5.56 Å². The molecular formula is C14H10F2O. The van der Waals surface area contributed by atoms with E-state index in [1.54, 1.807) is 24.3 Å². The van der Waals surface area contributed by atoms with E-state index in [0.717, 1.165) is 23.8 Å². The second kappa shape index (κ2) is 4.45. The van der Waals surface area contributed by atoms with Crippen LogP contribution in [0.2, 0.25) is 0 Å². The molecule has 2 rings (SSSR count). The Kier molecular flexibility index (Phi) is 3.00. The van der Waals surface area contributed by atoms with Gasteiger partial charge < -0.3 is 0 Å². The van der Waals surface area contributed by atoms with Crippen molar-refractivity contribution in [2.75, 3.05) is 0 Å². The van der Waals surface area contributed by atoms with Gasteiger partial charge in [0.25, 0.3) is 0 Å². The minimum Gasteiger partial charge on any atom is -0.288 e. The van der Waals surface area contributed by atoms with Gasteiger partial charge in [-0.05, 0) is 25.1 Å². The molecule has 0 N–H and O–H groups in total. The summed E-state index contributed by atoms with van der Waals surface area (Å²) in [6.07, 6.45) is 0. The number of hydrogen-bond acceptors (Lipinski definition) is 1. The molecule has 0 saturated carbocycles. The van der Waals surface area contributed by atoms with Gasteiger partial charge in [-0.2, -0.15) is 0 Å². The number of rotatable bonds is 2. The van der Waals surface area contributed by atoms with Gasteiger partial charge in [0, 0.05) is 5.56 Å². The van der Waals surface area contributed by atoms with E-state index >= 15 is 0 Å². The van der Waals surface area contributed by atoms with Crippen molar-refractivity contribution in [3.8, 4) is 0 Å². The molecule has 0 radical (unpaired) electrons. The molecule has 0 aliphatic heterocycles. The minimum absolute atomic E-state index is 0.242. The lowest BCUT2D eigenvalue weighted by Crippen LogP contribution is -2.04. The van der Waals surface area contributed by atoms with Crippen LogP contribution >= 0.6 is 0 Å². The first-order valence-corrected chi connectivity index (χ1v) is 5.14. The van der Waals surface area contributed by atoms with Crippen molar-refractivity contribution < 1.29 is 13.6 Å². The molecule has 3 heteroatoms. The Labute approximate surface area is 97.7 Å². The van der Waals surface area contributed by atoms with Gasteiger partial charge in [0.1, 0.15) is 11.6 Å². The number of aryl methyl sites for hydroxylation is 1. The van der Waals surface area contributed by atoms with Crippen LogP contribution in [0.5, 0.6) is 0 Å². The maximum atomic E-state index is 13.4. The van der Waals surface area contributed by atoms with E-state index in [1.807, 2.05) is 6.92 Å². The van der Waals surface area contributed by atoms with Crippen LogP contribution in [0, 0.1) is 18.6 Å². The predicted molar refractivity (Wildman–Crippen MR) is 61.0 cm³/mol. The Hall–Kier alpha value is -2.03. The third-order valence-electron chi connectivity index (χ3n) is 2.49. The molecule has 0 unspecified atom stereocenters. The summed E-state index contributed by atoms with van der Waals surface area (Å²) in [4.78, 5) is 11.9. The topological polar surface area (TPSA) is 17.1 Å². The first kappa shape index (κ1) is 11.5. The zero-order chi connectivity index (χ0) is 12.4. The zero-order valence-corrected chi connectivity index (χ0v) is 9.21. The van der Waals surface area contributed by atoms with Crippen LogP contribution in [0.3, 0.4) is 0 Å². The minimum atomic E-state index is -0.711. The Morgan fingerprint density at radius 1 is 1.00 bits per heavy atom. The number of benzene rings is 2. The Morgan fingerprint density at radius 3 is 2.29 bits per heavy atom. The fourth-order valence-electron chi connectivity index (χ4n) is 1.53. The summed E-state index contributed by atoms with van der Waals surface area (Å²) in [6.45, 7) is 1.89. The quantitative estimate of drug-likeness (QED) is 0.724. The monoisotopic (exact) mass is 232 g/mol. The molecule has 0 heterocycles. The van der Waals surface area contributed by atoms with Crippen LogP contribution in [0.1, 0.15) is 21.5 Å². The fourth-order valence-corrected chi connectivity index (χ4v) is 1.53. The standard InChI is InChI=1S/C14H10F2O/c1-9-2-4-10(5-3-9)14(17)12-8-11(15)6-7-13(12)16/h2-8H,1H3. The molecule has 1 nitrogen and oxygen atoms in total. The Morgan fingerprint density at radius 2 is 1.65 bits per heavy atom. The van der Waals surface area contributed by atoms with E-state index in [1.165, 1.54) is 0 Å². The van der Waals surface area contributed by atoms with E-state index in [2.05, 4.69) is 0 Å². The number of carbonyl (C=O) groups excluding carboxylic acids is 1. The van der Waals surface area contributed by atoms with Crippen molar-refractivity contribution in [2.24, 2.45) is 0 Å². The average Bonchev–Trinajstić information content (AvgIpc) is 2.32. The van der Waals surface area contributed by atoms with Gasteiger partial charge in [-0.15, -0.1) is 0 Å². The third-order valence-corrected chi connectivity index (χ3v) is 2.49. The van der Waals surface area contributed by atoms with E-state index in [9.17, 15) is 13.6 Å². The van der Waals surface area contributed by atoms with Gasteiger partial charge >= 0.3 is 0 Å². The molecule has 2 aromatic carbocycles. The molecule has 0 spiro atoms. The lowest BCUT2D eigenvalue weighted by molar-refractivity contribution is 0.103. The first-order valence-electron chi connectivity index (χ1n) is 5.14. The van der Waals surface area contributed by atoms with E-state index in [4.69, 9.17) is 0 Å². The van der Waals surface area contributed by atoms with Crippen molar-refractivity contribution in [3.63, 3.8) is 0 Å². The fraction of sp³-hybridized carbons (Fsp3) is 0.0714. The summed E-state index contributed by atoms with van der Waals surface area (Å²) in [5, 5.41) is 0. The van der Waals surface area contributed by atoms with E-state index in [0.29, 0.717) is 5.56 Å². The smallest absolute Gasteiger partial charge is 0.196 e. The van der Waals surface area contributed by atoms with Gasteiger partial charge in [0.05, 0.1) is 5.56 Å². The first-order chi connectivity index (χ1) is 8.08. The molecule has 17 heavy (non-hydrogen) atoms. The van der Waals surface area contributed by atoms with Crippen molar-refractivity contribution in [1.29, 1.82) is 0 Å². The summed E-state index contributed by atoms with van der Waals surface area (Å²) in [5.74, 6) is -1.85. The Balaban J connectivity index is 2.43. The van der Waals surface area contributed by atoms with Crippen molar-refractivity contribution in [1.82, 2.24) is 0 Å². The van der Waals surface area contributed by atoms with Gasteiger partial charge in [0.15, 0.2) is 5.78 Å². The highest BCUT2D eigenvalue weighted by Crippen LogP contribution is 2.15. The second-order valence-corrected chi connectivity index (χ2v) is 3.82. The SMILES string of the molecule is Cc1ccc(C(=O)c2cc(F)ccc2F)cc1. The van der Waals surface area contributed by atoms with Crippen LogP contribution in [-0.2, 0) is 0 Å². The molecule has 86 valence electrons. The van der Waals surface area contributed by atoms with Gasteiger partial charge in [-0.1, -0.05) is 29.8 Å². The third kappa shape index (κ3) is 2.38. The van der Waals surface area contributed by atoms with Crippen LogP contribution in [-0.4, -0.2) is 5.78 Å². The lowest BCUT2D eigenvalue weighted by Gasteiger charge is -2.03. The molecule has 0 atom stereocenters. The molecule has 0 aromatic heterocycles. The number of halogens is 2. The second-order valence-electron chi connectivity index (χ2n) is 3.82. The number of ketones is 1. The highest BCUT2D eigenvalue weighted by Gasteiger charge is 2.14. The van der Waals surface area contributed by atoms with Gasteiger partial charge in [-0.25, -0.2) is 8.78 Å². The molecule has 0 aliphatic rings. The Bertz CT molecular complexity index is 559. The van der Waals surface area contributed by atoms with Crippen LogP contribution in [0.15, 0.2) is 42.5 Å². The largest absolute Gasteiger partial charge is 0.288 e. The highest BCUT2D eigenvalue weighted by molar-refractivity contribution is 6.09. The van der Waals surface area contributed by atoms with Crippen LogP contribution in [0.25, 0.3) is 0 Å². The summed E-state index contributed by atoms with van der Waals surface area (Å²) in [7, 11) is 0. The highest BCUT2D eigenvalue weighted by atomic mass is 19.1. The van der Waals surface area contributed by atoms with Crippen LogP contribution in [0.4, 0.5) is 8.78 Å². The molecule has 0 saturated heterocycles. The maximum absolute atomic E-state index is 13.4. The number of hydrogen-bond donors (Lipinski definition) is 0. The predicted octanol–water partition coefficient (Wildman–Crippen LogP) is 3.50. The summed E-state index contributed by atoms with van der Waals surface area (Å²) in [6, 6.07) is 9.56. The zero-order valence-electron chi connectivity index (χ0n) is 9.21. The van der Waals surface area contributed by atoms with Crippen molar-refractivity contribution >= 4 is 5.78 Å². The van der Waals surface area contributed by atoms with Crippen LogP contribution < -0.4 is 0 Å². The number of carbonyl (C=O) groups is 1. The molecular weight excluding hydrogens is 222 g/mol. The molecule has 0 bridgehead atoms. The molecule has 0 fully saturated rings. The molecule has 0 amide bonds. The summed E-state index contributed by atoms with van der Waals surface area (Å²) in [5.41, 5.74) is 1.11. The van der Waals surface area contributed by atoms with Gasteiger partial charge in [-0.3, -0.25) is 4.79 Å².